The number of ether oxygens (including phenoxy) is 1. The number of hydrogen-bond acceptors (Lipinski definition) is 4. The fourth-order valence-electron chi connectivity index (χ4n) is 1.10. The van der Waals surface area contributed by atoms with Gasteiger partial charge in [-0.3, -0.25) is 4.79 Å². The standard InChI is InChI=1S/C11H13NO3/c1-3-15-11(14)10(13)8-5-4-7(2)9(12)6-8/h4-6H,3,12H2,1-2H3. The van der Waals surface area contributed by atoms with Crippen LogP contribution in [0.25, 0.3) is 0 Å². The van der Waals surface area contributed by atoms with Crippen LogP contribution in [0.5, 0.6) is 0 Å². The normalized spacial score (nSPS) is 9.73. The molecule has 0 atom stereocenters. The Hall–Kier alpha value is -1.84. The van der Waals surface area contributed by atoms with Gasteiger partial charge in [-0.15, -0.1) is 0 Å². The Morgan fingerprint density at radius 3 is 2.60 bits per heavy atom. The quantitative estimate of drug-likeness (QED) is 0.351. The summed E-state index contributed by atoms with van der Waals surface area (Å²) >= 11 is 0. The number of carbonyl (C=O) groups excluding carboxylic acids is 2. The average Bonchev–Trinajstić information content (AvgIpc) is 2.21. The number of aryl methyl sites for hydroxylation is 1. The minimum atomic E-state index is -0.847. The highest BCUT2D eigenvalue weighted by Gasteiger charge is 2.17. The first-order valence-electron chi connectivity index (χ1n) is 4.63. The van der Waals surface area contributed by atoms with Crippen LogP contribution in [-0.2, 0) is 9.53 Å². The van der Waals surface area contributed by atoms with Crippen molar-refractivity contribution in [3.8, 4) is 0 Å². The topological polar surface area (TPSA) is 69.4 Å². The van der Waals surface area contributed by atoms with E-state index in [-0.39, 0.29) is 12.2 Å². The number of nitrogens with two attached hydrogens (primary N) is 1. The molecule has 0 fully saturated rings. The zero-order valence-electron chi connectivity index (χ0n) is 8.74. The number of benzene rings is 1. The summed E-state index contributed by atoms with van der Waals surface area (Å²) in [5.74, 6) is -1.51. The van der Waals surface area contributed by atoms with Crippen LogP contribution in [0.3, 0.4) is 0 Å². The minimum Gasteiger partial charge on any atom is -0.460 e. The molecule has 4 nitrogen and oxygen atoms in total. The molecule has 0 unspecified atom stereocenters. The molecule has 0 aliphatic carbocycles. The molecule has 0 bridgehead atoms. The van der Waals surface area contributed by atoms with Crippen LogP contribution in [0, 0.1) is 6.92 Å². The van der Waals surface area contributed by atoms with Crippen LogP contribution < -0.4 is 5.73 Å². The number of carbonyl (C=O) groups is 2. The summed E-state index contributed by atoms with van der Waals surface area (Å²) in [7, 11) is 0. The number of Topliss-reactive ketones (excluding diaryl/α,β-unsaturated/α-hetero) is 1. The number of esters is 1. The number of anilines is 1. The lowest BCUT2D eigenvalue weighted by Crippen LogP contribution is -2.17. The van der Waals surface area contributed by atoms with E-state index in [1.54, 1.807) is 19.1 Å². The molecule has 0 saturated heterocycles. The highest BCUT2D eigenvalue weighted by atomic mass is 16.5. The van der Waals surface area contributed by atoms with Crippen molar-refractivity contribution in [3.63, 3.8) is 0 Å². The van der Waals surface area contributed by atoms with Gasteiger partial charge in [-0.05, 0) is 25.5 Å². The van der Waals surface area contributed by atoms with E-state index in [2.05, 4.69) is 4.74 Å². The lowest BCUT2D eigenvalue weighted by Gasteiger charge is -2.03. The van der Waals surface area contributed by atoms with E-state index in [4.69, 9.17) is 5.73 Å². The zero-order chi connectivity index (χ0) is 11.4. The van der Waals surface area contributed by atoms with E-state index in [9.17, 15) is 9.59 Å². The van der Waals surface area contributed by atoms with Crippen molar-refractivity contribution in [1.29, 1.82) is 0 Å². The zero-order valence-corrected chi connectivity index (χ0v) is 8.74. The molecule has 2 N–H and O–H groups in total. The van der Waals surface area contributed by atoms with Gasteiger partial charge in [-0.1, -0.05) is 12.1 Å². The number of hydrogen-bond donors (Lipinski definition) is 1. The van der Waals surface area contributed by atoms with Gasteiger partial charge >= 0.3 is 5.97 Å². The van der Waals surface area contributed by atoms with Gasteiger partial charge in [0, 0.05) is 11.3 Å². The SMILES string of the molecule is CCOC(=O)C(=O)c1ccc(C)c(N)c1. The van der Waals surface area contributed by atoms with Gasteiger partial charge in [0.1, 0.15) is 0 Å². The van der Waals surface area contributed by atoms with Gasteiger partial charge < -0.3 is 10.5 Å². The van der Waals surface area contributed by atoms with E-state index < -0.39 is 11.8 Å². The fourth-order valence-corrected chi connectivity index (χ4v) is 1.10. The van der Waals surface area contributed by atoms with E-state index >= 15 is 0 Å². The molecule has 0 aliphatic heterocycles. The third kappa shape index (κ3) is 2.56. The van der Waals surface area contributed by atoms with Gasteiger partial charge in [0.05, 0.1) is 6.61 Å². The maximum atomic E-state index is 11.5. The molecule has 1 aromatic rings. The highest BCUT2D eigenvalue weighted by Crippen LogP contribution is 2.13. The van der Waals surface area contributed by atoms with Crippen LogP contribution >= 0.6 is 0 Å². The average molecular weight is 207 g/mol. The first kappa shape index (κ1) is 11.2. The first-order valence-corrected chi connectivity index (χ1v) is 4.63. The molecule has 80 valence electrons. The van der Waals surface area contributed by atoms with E-state index in [1.807, 2.05) is 6.92 Å². The lowest BCUT2D eigenvalue weighted by atomic mass is 10.1. The summed E-state index contributed by atoms with van der Waals surface area (Å²) in [4.78, 5) is 22.6. The molecular formula is C11H13NO3. The second-order valence-corrected chi connectivity index (χ2v) is 3.12. The predicted molar refractivity (Wildman–Crippen MR) is 56.6 cm³/mol. The number of ketones is 1. The smallest absolute Gasteiger partial charge is 0.379 e. The summed E-state index contributed by atoms with van der Waals surface area (Å²) in [5, 5.41) is 0. The predicted octanol–water partition coefficient (Wildman–Crippen LogP) is 1.32. The summed E-state index contributed by atoms with van der Waals surface area (Å²) in [6.07, 6.45) is 0. The lowest BCUT2D eigenvalue weighted by molar-refractivity contribution is -0.137. The molecule has 0 aliphatic rings. The molecule has 0 saturated carbocycles. The Bertz CT molecular complexity index is 399. The second-order valence-electron chi connectivity index (χ2n) is 3.12. The van der Waals surface area contributed by atoms with Gasteiger partial charge in [-0.2, -0.15) is 0 Å². The van der Waals surface area contributed by atoms with Crippen molar-refractivity contribution in [3.05, 3.63) is 29.3 Å². The third-order valence-electron chi connectivity index (χ3n) is 2.00. The van der Waals surface area contributed by atoms with Crippen LogP contribution in [0.2, 0.25) is 0 Å². The van der Waals surface area contributed by atoms with Crippen molar-refractivity contribution in [1.82, 2.24) is 0 Å². The van der Waals surface area contributed by atoms with E-state index in [0.717, 1.165) is 5.56 Å². The Balaban J connectivity index is 2.92. The molecule has 0 amide bonds. The summed E-state index contributed by atoms with van der Waals surface area (Å²) in [6.45, 7) is 3.66. The summed E-state index contributed by atoms with van der Waals surface area (Å²) in [6, 6.07) is 4.74. The molecule has 15 heavy (non-hydrogen) atoms. The van der Waals surface area contributed by atoms with Gasteiger partial charge in [0.25, 0.3) is 5.78 Å². The fraction of sp³-hybridized carbons (Fsp3) is 0.273. The van der Waals surface area contributed by atoms with Crippen LogP contribution in [0.1, 0.15) is 22.8 Å². The second kappa shape index (κ2) is 4.59. The van der Waals surface area contributed by atoms with Crippen LogP contribution in [0.4, 0.5) is 5.69 Å². The van der Waals surface area contributed by atoms with Gasteiger partial charge in [-0.25, -0.2) is 4.79 Å². The van der Waals surface area contributed by atoms with Gasteiger partial charge in [0.2, 0.25) is 0 Å². The van der Waals surface area contributed by atoms with Crippen LogP contribution in [-0.4, -0.2) is 18.4 Å². The van der Waals surface area contributed by atoms with Crippen molar-refractivity contribution >= 4 is 17.4 Å². The Kier molecular flexibility index (Phi) is 3.44. The van der Waals surface area contributed by atoms with Crippen molar-refractivity contribution in [2.45, 2.75) is 13.8 Å². The molecule has 0 heterocycles. The Morgan fingerprint density at radius 1 is 1.40 bits per heavy atom. The maximum absolute atomic E-state index is 11.5. The first-order chi connectivity index (χ1) is 7.06. The third-order valence-corrected chi connectivity index (χ3v) is 2.00. The minimum absolute atomic E-state index is 0.186. The van der Waals surface area contributed by atoms with E-state index in [1.165, 1.54) is 6.07 Å². The maximum Gasteiger partial charge on any atom is 0.379 e. The molecule has 0 aromatic heterocycles. The number of nitrogen functional groups attached to an aromatic ring is 1. The largest absolute Gasteiger partial charge is 0.460 e. The molecule has 0 spiro atoms. The van der Waals surface area contributed by atoms with E-state index in [0.29, 0.717) is 5.69 Å². The van der Waals surface area contributed by atoms with Gasteiger partial charge in [0.15, 0.2) is 0 Å². The summed E-state index contributed by atoms with van der Waals surface area (Å²) < 4.78 is 4.60. The van der Waals surface area contributed by atoms with Crippen molar-refractivity contribution < 1.29 is 14.3 Å². The molecule has 1 rings (SSSR count). The van der Waals surface area contributed by atoms with Crippen LogP contribution in [0.15, 0.2) is 18.2 Å². The Morgan fingerprint density at radius 2 is 2.07 bits per heavy atom. The molecule has 4 heteroatoms. The van der Waals surface area contributed by atoms with Crippen molar-refractivity contribution in [2.75, 3.05) is 12.3 Å². The number of rotatable bonds is 3. The molecule has 1 aromatic carbocycles. The summed E-state index contributed by atoms with van der Waals surface area (Å²) in [5.41, 5.74) is 7.25. The Labute approximate surface area is 88.0 Å². The molecular weight excluding hydrogens is 194 g/mol. The highest BCUT2D eigenvalue weighted by molar-refractivity contribution is 6.40. The monoisotopic (exact) mass is 207 g/mol. The van der Waals surface area contributed by atoms with Crippen molar-refractivity contribution in [2.24, 2.45) is 0 Å². The molecule has 0 radical (unpaired) electrons.